The highest BCUT2D eigenvalue weighted by molar-refractivity contribution is 9.10. The van der Waals surface area contributed by atoms with Crippen LogP contribution < -0.4 is 5.73 Å². The predicted molar refractivity (Wildman–Crippen MR) is 62.0 cm³/mol. The third kappa shape index (κ3) is 3.29. The maximum Gasteiger partial charge on any atom is 0.0558 e. The van der Waals surface area contributed by atoms with Crippen molar-refractivity contribution in [2.24, 2.45) is 0 Å². The summed E-state index contributed by atoms with van der Waals surface area (Å²) in [4.78, 5) is 2.03. The van der Waals surface area contributed by atoms with Crippen LogP contribution >= 0.6 is 15.9 Å². The second-order valence-electron chi connectivity index (χ2n) is 3.30. The van der Waals surface area contributed by atoms with Gasteiger partial charge in [0.05, 0.1) is 6.61 Å². The minimum absolute atomic E-state index is 0.174. The summed E-state index contributed by atoms with van der Waals surface area (Å²) < 4.78 is 0.989. The topological polar surface area (TPSA) is 49.5 Å². The van der Waals surface area contributed by atoms with Crippen LogP contribution in [0.2, 0.25) is 0 Å². The molecule has 3 N–H and O–H groups in total. The van der Waals surface area contributed by atoms with E-state index in [1.165, 1.54) is 0 Å². The van der Waals surface area contributed by atoms with Crippen molar-refractivity contribution in [2.75, 3.05) is 25.9 Å². The highest BCUT2D eigenvalue weighted by Crippen LogP contribution is 2.19. The van der Waals surface area contributed by atoms with Gasteiger partial charge in [0, 0.05) is 23.2 Å². The van der Waals surface area contributed by atoms with Crippen LogP contribution in [0.3, 0.4) is 0 Å². The Morgan fingerprint density at radius 2 is 2.21 bits per heavy atom. The Bertz CT molecular complexity index is 304. The maximum atomic E-state index is 8.75. The predicted octanol–water partition coefficient (Wildman–Crippen LogP) is 1.46. The van der Waals surface area contributed by atoms with Gasteiger partial charge in [0.2, 0.25) is 0 Å². The molecule has 4 heteroatoms. The molecule has 1 rings (SSSR count). The van der Waals surface area contributed by atoms with Gasteiger partial charge < -0.3 is 10.8 Å². The molecule has 1 aromatic carbocycles. The maximum absolute atomic E-state index is 8.75. The first-order valence-electron chi connectivity index (χ1n) is 4.47. The van der Waals surface area contributed by atoms with E-state index in [4.69, 9.17) is 10.8 Å². The number of hydrogen-bond acceptors (Lipinski definition) is 3. The number of nitrogens with zero attached hydrogens (tertiary/aromatic N) is 1. The lowest BCUT2D eigenvalue weighted by Crippen LogP contribution is -2.22. The molecule has 0 aliphatic heterocycles. The Morgan fingerprint density at radius 1 is 1.50 bits per heavy atom. The minimum Gasteiger partial charge on any atom is -0.398 e. The largest absolute Gasteiger partial charge is 0.398 e. The van der Waals surface area contributed by atoms with E-state index in [9.17, 15) is 0 Å². The van der Waals surface area contributed by atoms with Gasteiger partial charge in [0.1, 0.15) is 0 Å². The van der Waals surface area contributed by atoms with Gasteiger partial charge in [-0.15, -0.1) is 0 Å². The molecule has 0 radical (unpaired) electrons. The summed E-state index contributed by atoms with van der Waals surface area (Å²) in [7, 11) is 1.96. The van der Waals surface area contributed by atoms with Crippen molar-refractivity contribution in [3.63, 3.8) is 0 Å². The number of likely N-dealkylation sites (N-methyl/N-ethyl adjacent to an activating group) is 1. The van der Waals surface area contributed by atoms with Crippen LogP contribution in [0.5, 0.6) is 0 Å². The second-order valence-corrected chi connectivity index (χ2v) is 4.22. The molecule has 0 spiro atoms. The molecule has 3 nitrogen and oxygen atoms in total. The van der Waals surface area contributed by atoms with Crippen LogP contribution in [0.15, 0.2) is 22.7 Å². The van der Waals surface area contributed by atoms with Crippen LogP contribution in [-0.4, -0.2) is 30.2 Å². The average Bonchev–Trinajstić information content (AvgIpc) is 2.10. The van der Waals surface area contributed by atoms with E-state index in [0.29, 0.717) is 6.54 Å². The van der Waals surface area contributed by atoms with Gasteiger partial charge in [-0.05, 0) is 24.7 Å². The van der Waals surface area contributed by atoms with Gasteiger partial charge in [-0.3, -0.25) is 4.90 Å². The molecular formula is C10H15BrN2O. The van der Waals surface area contributed by atoms with Crippen molar-refractivity contribution in [3.8, 4) is 0 Å². The Balaban J connectivity index is 2.67. The molecule has 0 atom stereocenters. The van der Waals surface area contributed by atoms with Crippen molar-refractivity contribution >= 4 is 21.6 Å². The van der Waals surface area contributed by atoms with E-state index in [1.54, 1.807) is 0 Å². The van der Waals surface area contributed by atoms with Crippen molar-refractivity contribution < 1.29 is 5.11 Å². The summed E-state index contributed by atoms with van der Waals surface area (Å²) in [6.45, 7) is 1.60. The minimum atomic E-state index is 0.174. The molecule has 0 unspecified atom stereocenters. The van der Waals surface area contributed by atoms with E-state index >= 15 is 0 Å². The van der Waals surface area contributed by atoms with Crippen molar-refractivity contribution in [1.29, 1.82) is 0 Å². The van der Waals surface area contributed by atoms with Gasteiger partial charge >= 0.3 is 0 Å². The quantitative estimate of drug-likeness (QED) is 0.805. The van der Waals surface area contributed by atoms with E-state index in [0.717, 1.165) is 22.3 Å². The third-order valence-electron chi connectivity index (χ3n) is 2.03. The summed E-state index contributed by atoms with van der Waals surface area (Å²) in [6, 6.07) is 5.86. The van der Waals surface area contributed by atoms with Gasteiger partial charge in [-0.1, -0.05) is 22.0 Å². The monoisotopic (exact) mass is 258 g/mol. The van der Waals surface area contributed by atoms with Crippen LogP contribution in [0.25, 0.3) is 0 Å². The molecule has 0 bridgehead atoms. The Hall–Kier alpha value is -0.580. The molecule has 0 aliphatic rings. The Labute approximate surface area is 92.7 Å². The summed E-state index contributed by atoms with van der Waals surface area (Å²) in [6.07, 6.45) is 0. The number of anilines is 1. The van der Waals surface area contributed by atoms with E-state index in [1.807, 2.05) is 30.1 Å². The summed E-state index contributed by atoms with van der Waals surface area (Å²) in [5, 5.41) is 8.75. The van der Waals surface area contributed by atoms with E-state index in [-0.39, 0.29) is 6.61 Å². The fourth-order valence-corrected chi connectivity index (χ4v) is 1.63. The lowest BCUT2D eigenvalue weighted by molar-refractivity contribution is 0.217. The molecule has 14 heavy (non-hydrogen) atoms. The number of aliphatic hydroxyl groups excluding tert-OH is 1. The Morgan fingerprint density at radius 3 is 2.79 bits per heavy atom. The number of aliphatic hydroxyl groups is 1. The van der Waals surface area contributed by atoms with Crippen molar-refractivity contribution in [2.45, 2.75) is 6.54 Å². The number of nitrogens with two attached hydrogens (primary N) is 1. The smallest absolute Gasteiger partial charge is 0.0558 e. The second kappa shape index (κ2) is 5.34. The van der Waals surface area contributed by atoms with Crippen LogP contribution in [0.1, 0.15) is 5.56 Å². The lowest BCUT2D eigenvalue weighted by Gasteiger charge is -2.16. The first-order chi connectivity index (χ1) is 6.63. The number of rotatable bonds is 4. The highest BCUT2D eigenvalue weighted by Gasteiger charge is 2.03. The SMILES string of the molecule is CN(CCO)Cc1ccc(Br)cc1N. The molecule has 0 amide bonds. The van der Waals surface area contributed by atoms with Gasteiger partial charge in [-0.2, -0.15) is 0 Å². The average molecular weight is 259 g/mol. The van der Waals surface area contributed by atoms with Crippen LogP contribution in [0.4, 0.5) is 5.69 Å². The summed E-state index contributed by atoms with van der Waals surface area (Å²) >= 11 is 3.36. The zero-order chi connectivity index (χ0) is 10.6. The van der Waals surface area contributed by atoms with Crippen molar-refractivity contribution in [3.05, 3.63) is 28.2 Å². The molecular weight excluding hydrogens is 244 g/mol. The number of benzene rings is 1. The molecule has 78 valence electrons. The first-order valence-corrected chi connectivity index (χ1v) is 5.26. The van der Waals surface area contributed by atoms with Gasteiger partial charge in [0.15, 0.2) is 0 Å². The molecule has 0 saturated carbocycles. The van der Waals surface area contributed by atoms with Gasteiger partial charge in [-0.25, -0.2) is 0 Å². The van der Waals surface area contributed by atoms with Crippen LogP contribution in [-0.2, 0) is 6.54 Å². The zero-order valence-electron chi connectivity index (χ0n) is 8.20. The van der Waals surface area contributed by atoms with Crippen LogP contribution in [0, 0.1) is 0 Å². The molecule has 0 fully saturated rings. The fourth-order valence-electron chi connectivity index (χ4n) is 1.25. The number of nitrogen functional groups attached to an aromatic ring is 1. The van der Waals surface area contributed by atoms with E-state index in [2.05, 4.69) is 15.9 Å². The number of hydrogen-bond donors (Lipinski definition) is 2. The molecule has 0 aromatic heterocycles. The fraction of sp³-hybridized carbons (Fsp3) is 0.400. The standard InChI is InChI=1S/C10H15BrN2O/c1-13(4-5-14)7-8-2-3-9(11)6-10(8)12/h2-3,6,14H,4-5,7,12H2,1H3. The first kappa shape index (κ1) is 11.5. The summed E-state index contributed by atoms with van der Waals surface area (Å²) in [5.74, 6) is 0. The third-order valence-corrected chi connectivity index (χ3v) is 2.52. The number of halogens is 1. The molecule has 0 heterocycles. The van der Waals surface area contributed by atoms with Crippen molar-refractivity contribution in [1.82, 2.24) is 4.90 Å². The van der Waals surface area contributed by atoms with Gasteiger partial charge in [0.25, 0.3) is 0 Å². The summed E-state index contributed by atoms with van der Waals surface area (Å²) in [5.41, 5.74) is 7.72. The highest BCUT2D eigenvalue weighted by atomic mass is 79.9. The normalized spacial score (nSPS) is 10.9. The Kier molecular flexibility index (Phi) is 4.38. The molecule has 0 saturated heterocycles. The molecule has 1 aromatic rings. The molecule has 0 aliphatic carbocycles. The zero-order valence-corrected chi connectivity index (χ0v) is 9.79. The van der Waals surface area contributed by atoms with E-state index < -0.39 is 0 Å². The lowest BCUT2D eigenvalue weighted by atomic mass is 10.2.